The monoisotopic (exact) mass is 218 g/mol. The van der Waals surface area contributed by atoms with E-state index in [1.54, 1.807) is 0 Å². The maximum atomic E-state index is 11.6. The topological polar surface area (TPSA) is 41.1 Å². The van der Waals surface area contributed by atoms with Gasteiger partial charge in [-0.3, -0.25) is 4.79 Å². The fourth-order valence-electron chi connectivity index (χ4n) is 1.98. The van der Waals surface area contributed by atoms with Crippen molar-refractivity contribution < 1.29 is 4.79 Å². The summed E-state index contributed by atoms with van der Waals surface area (Å²) < 4.78 is 0. The van der Waals surface area contributed by atoms with Gasteiger partial charge in [0.05, 0.1) is 6.04 Å². The van der Waals surface area contributed by atoms with E-state index in [1.165, 1.54) is 16.7 Å². The fourth-order valence-corrected chi connectivity index (χ4v) is 1.98. The van der Waals surface area contributed by atoms with E-state index >= 15 is 0 Å². The minimum absolute atomic E-state index is 0.0733. The van der Waals surface area contributed by atoms with Gasteiger partial charge in [-0.05, 0) is 37.0 Å². The van der Waals surface area contributed by atoms with Crippen molar-refractivity contribution in [2.75, 3.05) is 13.1 Å². The molecule has 0 spiro atoms. The molecule has 0 saturated carbocycles. The summed E-state index contributed by atoms with van der Waals surface area (Å²) in [5.74, 6) is 0.115. The fraction of sp³-hybridized carbons (Fsp3) is 0.462. The number of rotatable bonds is 2. The van der Waals surface area contributed by atoms with Gasteiger partial charge >= 0.3 is 0 Å². The second kappa shape index (κ2) is 4.66. The van der Waals surface area contributed by atoms with Crippen LogP contribution in [0.15, 0.2) is 18.2 Å². The Bertz CT molecular complexity index is 401. The highest BCUT2D eigenvalue weighted by atomic mass is 16.2. The molecule has 3 nitrogen and oxygen atoms in total. The van der Waals surface area contributed by atoms with Crippen molar-refractivity contribution >= 4 is 5.91 Å². The van der Waals surface area contributed by atoms with E-state index in [1.807, 2.05) is 0 Å². The number of hydrogen-bond acceptors (Lipinski definition) is 2. The Hall–Kier alpha value is -1.35. The van der Waals surface area contributed by atoms with Gasteiger partial charge in [-0.1, -0.05) is 18.2 Å². The molecule has 2 rings (SSSR count). The van der Waals surface area contributed by atoms with Gasteiger partial charge in [-0.2, -0.15) is 0 Å². The van der Waals surface area contributed by atoms with Gasteiger partial charge in [0, 0.05) is 13.1 Å². The molecule has 1 aliphatic heterocycles. The quantitative estimate of drug-likeness (QED) is 0.775. The first-order chi connectivity index (χ1) is 7.66. The van der Waals surface area contributed by atoms with Crippen LogP contribution in [0, 0.1) is 13.8 Å². The largest absolute Gasteiger partial charge is 0.353 e. The van der Waals surface area contributed by atoms with Crippen LogP contribution in [-0.4, -0.2) is 25.0 Å². The van der Waals surface area contributed by atoms with E-state index in [-0.39, 0.29) is 11.9 Å². The van der Waals surface area contributed by atoms with Crippen LogP contribution in [0.25, 0.3) is 0 Å². The lowest BCUT2D eigenvalue weighted by atomic mass is 10.00. The second-order valence-corrected chi connectivity index (χ2v) is 4.42. The first kappa shape index (κ1) is 11.1. The van der Waals surface area contributed by atoms with E-state index in [9.17, 15) is 4.79 Å². The summed E-state index contributed by atoms with van der Waals surface area (Å²) in [4.78, 5) is 11.6. The van der Waals surface area contributed by atoms with Crippen molar-refractivity contribution in [2.24, 2.45) is 0 Å². The molecule has 1 amide bonds. The van der Waals surface area contributed by atoms with Crippen LogP contribution >= 0.6 is 0 Å². The zero-order chi connectivity index (χ0) is 11.5. The molecule has 0 radical (unpaired) electrons. The molecular weight excluding hydrogens is 200 g/mol. The van der Waals surface area contributed by atoms with Crippen molar-refractivity contribution in [3.8, 4) is 0 Å². The Labute approximate surface area is 96.2 Å². The van der Waals surface area contributed by atoms with Gasteiger partial charge in [-0.15, -0.1) is 0 Å². The number of aryl methyl sites for hydroxylation is 2. The van der Waals surface area contributed by atoms with Gasteiger partial charge in [0.2, 0.25) is 5.91 Å². The summed E-state index contributed by atoms with van der Waals surface area (Å²) in [7, 11) is 0. The average Bonchev–Trinajstić information content (AvgIpc) is 2.27. The Morgan fingerprint density at radius 3 is 2.75 bits per heavy atom. The van der Waals surface area contributed by atoms with Crippen LogP contribution in [-0.2, 0) is 11.2 Å². The predicted octanol–water partition coefficient (Wildman–Crippen LogP) is 0.934. The zero-order valence-electron chi connectivity index (χ0n) is 9.84. The molecular formula is C13H18N2O. The molecule has 3 heteroatoms. The highest BCUT2D eigenvalue weighted by molar-refractivity contribution is 5.82. The maximum Gasteiger partial charge on any atom is 0.237 e. The molecule has 86 valence electrons. The van der Waals surface area contributed by atoms with Crippen LogP contribution < -0.4 is 10.6 Å². The Balaban J connectivity index is 2.08. The van der Waals surface area contributed by atoms with Gasteiger partial charge < -0.3 is 10.6 Å². The van der Waals surface area contributed by atoms with Crippen molar-refractivity contribution in [2.45, 2.75) is 26.3 Å². The number of carbonyl (C=O) groups is 1. The third-order valence-electron chi connectivity index (χ3n) is 3.14. The molecule has 0 aliphatic carbocycles. The summed E-state index contributed by atoms with van der Waals surface area (Å²) in [5.41, 5.74) is 3.80. The minimum Gasteiger partial charge on any atom is -0.353 e. The maximum absolute atomic E-state index is 11.6. The van der Waals surface area contributed by atoms with Gasteiger partial charge in [0.25, 0.3) is 0 Å². The van der Waals surface area contributed by atoms with Gasteiger partial charge in [0.15, 0.2) is 0 Å². The van der Waals surface area contributed by atoms with Crippen LogP contribution in [0.3, 0.4) is 0 Å². The Morgan fingerprint density at radius 1 is 1.25 bits per heavy atom. The molecule has 1 heterocycles. The molecule has 1 aliphatic rings. The normalized spacial score (nSPS) is 20.6. The van der Waals surface area contributed by atoms with Gasteiger partial charge in [-0.25, -0.2) is 0 Å². The van der Waals surface area contributed by atoms with Crippen molar-refractivity contribution in [3.05, 3.63) is 34.9 Å². The van der Waals surface area contributed by atoms with E-state index in [2.05, 4.69) is 42.7 Å². The van der Waals surface area contributed by atoms with E-state index in [0.29, 0.717) is 0 Å². The molecule has 0 bridgehead atoms. The van der Waals surface area contributed by atoms with E-state index in [0.717, 1.165) is 19.5 Å². The molecule has 1 aromatic rings. The van der Waals surface area contributed by atoms with Crippen LogP contribution in [0.1, 0.15) is 16.7 Å². The molecule has 1 saturated heterocycles. The summed E-state index contributed by atoms with van der Waals surface area (Å²) in [6.45, 7) is 5.81. The highest BCUT2D eigenvalue weighted by Crippen LogP contribution is 2.12. The van der Waals surface area contributed by atoms with E-state index < -0.39 is 0 Å². The van der Waals surface area contributed by atoms with Crippen LogP contribution in [0.4, 0.5) is 0 Å². The first-order valence-corrected chi connectivity index (χ1v) is 5.74. The standard InChI is InChI=1S/C13H18N2O/c1-9-3-4-11(7-10(9)2)8-12-13(16)15-6-5-14-12/h3-4,7,12,14H,5-6,8H2,1-2H3,(H,15,16). The summed E-state index contributed by atoms with van der Waals surface area (Å²) >= 11 is 0. The second-order valence-electron chi connectivity index (χ2n) is 4.42. The predicted molar refractivity (Wildman–Crippen MR) is 64.4 cm³/mol. The van der Waals surface area contributed by atoms with E-state index in [4.69, 9.17) is 0 Å². The third kappa shape index (κ3) is 2.42. The minimum atomic E-state index is -0.0733. The molecule has 1 atom stereocenters. The number of benzene rings is 1. The first-order valence-electron chi connectivity index (χ1n) is 5.74. The van der Waals surface area contributed by atoms with Crippen LogP contribution in [0.5, 0.6) is 0 Å². The average molecular weight is 218 g/mol. The molecule has 16 heavy (non-hydrogen) atoms. The number of hydrogen-bond donors (Lipinski definition) is 2. The van der Waals surface area contributed by atoms with Crippen molar-refractivity contribution in [3.63, 3.8) is 0 Å². The lowest BCUT2D eigenvalue weighted by Crippen LogP contribution is -2.53. The third-order valence-corrected chi connectivity index (χ3v) is 3.14. The summed E-state index contributed by atoms with van der Waals surface area (Å²) in [6, 6.07) is 6.31. The summed E-state index contributed by atoms with van der Waals surface area (Å²) in [6.07, 6.45) is 0.771. The Kier molecular flexibility index (Phi) is 3.25. The number of carbonyl (C=O) groups excluding carboxylic acids is 1. The SMILES string of the molecule is Cc1ccc(CC2NCCNC2=O)cc1C. The smallest absolute Gasteiger partial charge is 0.237 e. The van der Waals surface area contributed by atoms with Crippen molar-refractivity contribution in [1.82, 2.24) is 10.6 Å². The molecule has 1 aromatic carbocycles. The van der Waals surface area contributed by atoms with Crippen molar-refractivity contribution in [1.29, 1.82) is 0 Å². The van der Waals surface area contributed by atoms with Gasteiger partial charge in [0.1, 0.15) is 0 Å². The summed E-state index contributed by atoms with van der Waals surface area (Å²) in [5, 5.41) is 6.12. The highest BCUT2D eigenvalue weighted by Gasteiger charge is 2.21. The zero-order valence-corrected chi connectivity index (χ0v) is 9.84. The lowest BCUT2D eigenvalue weighted by molar-refractivity contribution is -0.124. The molecule has 2 N–H and O–H groups in total. The molecule has 1 fully saturated rings. The lowest BCUT2D eigenvalue weighted by Gasteiger charge is -2.23. The van der Waals surface area contributed by atoms with Crippen LogP contribution in [0.2, 0.25) is 0 Å². The number of amides is 1. The Morgan fingerprint density at radius 2 is 2.06 bits per heavy atom. The number of nitrogens with one attached hydrogen (secondary N) is 2. The molecule has 1 unspecified atom stereocenters. The molecule has 0 aromatic heterocycles. The number of piperazine rings is 1.